The standard InChI is InChI=1S/C13H21BrN2O2S/c1-9(13(2,3)4)16(5)19(17,18)12-8-10(15)6-7-11(12)14/h6-9H,15H2,1-5H3. The number of rotatable bonds is 3. The van der Waals surface area contributed by atoms with Crippen LogP contribution in [0.15, 0.2) is 27.6 Å². The van der Waals surface area contributed by atoms with Crippen molar-refractivity contribution in [2.24, 2.45) is 5.41 Å². The van der Waals surface area contributed by atoms with Crippen LogP contribution < -0.4 is 5.73 Å². The molecular formula is C13H21BrN2O2S. The minimum Gasteiger partial charge on any atom is -0.399 e. The molecule has 2 N–H and O–H groups in total. The average Bonchev–Trinajstić information content (AvgIpc) is 2.28. The van der Waals surface area contributed by atoms with Crippen LogP contribution >= 0.6 is 15.9 Å². The van der Waals surface area contributed by atoms with Crippen molar-refractivity contribution < 1.29 is 8.42 Å². The lowest BCUT2D eigenvalue weighted by atomic mass is 9.88. The van der Waals surface area contributed by atoms with E-state index in [9.17, 15) is 8.42 Å². The summed E-state index contributed by atoms with van der Waals surface area (Å²) >= 11 is 3.27. The Morgan fingerprint density at radius 2 is 1.84 bits per heavy atom. The Hall–Kier alpha value is -0.590. The van der Waals surface area contributed by atoms with Crippen molar-refractivity contribution in [3.63, 3.8) is 0 Å². The molecule has 19 heavy (non-hydrogen) atoms. The van der Waals surface area contributed by atoms with E-state index in [0.717, 1.165) is 0 Å². The Labute approximate surface area is 124 Å². The monoisotopic (exact) mass is 348 g/mol. The Kier molecular flexibility index (Phi) is 4.70. The predicted molar refractivity (Wildman–Crippen MR) is 82.4 cm³/mol. The molecule has 0 radical (unpaired) electrons. The Balaban J connectivity index is 3.28. The number of nitrogens with zero attached hydrogens (tertiary/aromatic N) is 1. The highest BCUT2D eigenvalue weighted by molar-refractivity contribution is 9.10. The number of sulfonamides is 1. The summed E-state index contributed by atoms with van der Waals surface area (Å²) in [6, 6.07) is 4.66. The van der Waals surface area contributed by atoms with Crippen LogP contribution in [-0.2, 0) is 10.0 Å². The van der Waals surface area contributed by atoms with Crippen molar-refractivity contribution >= 4 is 31.6 Å². The van der Waals surface area contributed by atoms with Crippen molar-refractivity contribution in [2.45, 2.75) is 38.6 Å². The number of halogens is 1. The molecule has 0 bridgehead atoms. The summed E-state index contributed by atoms with van der Waals surface area (Å²) in [4.78, 5) is 0.200. The lowest BCUT2D eigenvalue weighted by Gasteiger charge is -2.34. The van der Waals surface area contributed by atoms with Gasteiger partial charge in [-0.1, -0.05) is 20.8 Å². The van der Waals surface area contributed by atoms with Gasteiger partial charge in [-0.15, -0.1) is 0 Å². The van der Waals surface area contributed by atoms with Gasteiger partial charge in [-0.25, -0.2) is 8.42 Å². The summed E-state index contributed by atoms with van der Waals surface area (Å²) < 4.78 is 27.2. The van der Waals surface area contributed by atoms with E-state index in [-0.39, 0.29) is 16.4 Å². The van der Waals surface area contributed by atoms with E-state index in [1.807, 2.05) is 27.7 Å². The van der Waals surface area contributed by atoms with Gasteiger partial charge in [0.2, 0.25) is 10.0 Å². The fourth-order valence-corrected chi connectivity index (χ4v) is 4.13. The van der Waals surface area contributed by atoms with E-state index >= 15 is 0 Å². The zero-order chi connectivity index (χ0) is 15.0. The first kappa shape index (κ1) is 16.5. The van der Waals surface area contributed by atoms with Crippen LogP contribution in [0.4, 0.5) is 5.69 Å². The molecule has 108 valence electrons. The summed E-state index contributed by atoms with van der Waals surface area (Å²) in [5.41, 5.74) is 5.97. The quantitative estimate of drug-likeness (QED) is 0.853. The van der Waals surface area contributed by atoms with Gasteiger partial charge in [-0.05, 0) is 46.5 Å². The molecule has 0 spiro atoms. The SMILES string of the molecule is CC(N(C)S(=O)(=O)c1cc(N)ccc1Br)C(C)(C)C. The minimum atomic E-state index is -3.57. The van der Waals surface area contributed by atoms with Crippen LogP contribution in [-0.4, -0.2) is 25.8 Å². The van der Waals surface area contributed by atoms with Crippen LogP contribution in [0.1, 0.15) is 27.7 Å². The number of anilines is 1. The van der Waals surface area contributed by atoms with Gasteiger partial charge in [-0.3, -0.25) is 0 Å². The van der Waals surface area contributed by atoms with Crippen LogP contribution in [0.3, 0.4) is 0 Å². The Morgan fingerprint density at radius 3 is 2.32 bits per heavy atom. The van der Waals surface area contributed by atoms with E-state index in [0.29, 0.717) is 10.2 Å². The number of benzene rings is 1. The molecule has 0 amide bonds. The highest BCUT2D eigenvalue weighted by atomic mass is 79.9. The summed E-state index contributed by atoms with van der Waals surface area (Å²) in [6.07, 6.45) is 0. The zero-order valence-corrected chi connectivity index (χ0v) is 14.3. The lowest BCUT2D eigenvalue weighted by Crippen LogP contribution is -2.42. The van der Waals surface area contributed by atoms with Crippen molar-refractivity contribution in [3.8, 4) is 0 Å². The molecule has 1 atom stereocenters. The van der Waals surface area contributed by atoms with Crippen LogP contribution in [0.25, 0.3) is 0 Å². The molecule has 0 saturated heterocycles. The third kappa shape index (κ3) is 3.49. The Morgan fingerprint density at radius 1 is 1.32 bits per heavy atom. The van der Waals surface area contributed by atoms with Gasteiger partial charge in [0.25, 0.3) is 0 Å². The number of hydrogen-bond donors (Lipinski definition) is 1. The summed E-state index contributed by atoms with van der Waals surface area (Å²) in [6.45, 7) is 7.94. The summed E-state index contributed by atoms with van der Waals surface area (Å²) in [7, 11) is -1.97. The molecule has 1 aromatic rings. The van der Waals surface area contributed by atoms with Crippen molar-refractivity contribution in [3.05, 3.63) is 22.7 Å². The van der Waals surface area contributed by atoms with E-state index in [1.54, 1.807) is 19.2 Å². The fourth-order valence-electron chi connectivity index (χ4n) is 1.63. The number of nitrogens with two attached hydrogens (primary N) is 1. The van der Waals surface area contributed by atoms with E-state index in [4.69, 9.17) is 5.73 Å². The van der Waals surface area contributed by atoms with E-state index in [2.05, 4.69) is 15.9 Å². The average molecular weight is 349 g/mol. The largest absolute Gasteiger partial charge is 0.399 e. The van der Waals surface area contributed by atoms with Crippen LogP contribution in [0, 0.1) is 5.41 Å². The molecule has 0 saturated carbocycles. The minimum absolute atomic E-state index is 0.133. The van der Waals surface area contributed by atoms with Gasteiger partial charge < -0.3 is 5.73 Å². The normalized spacial score (nSPS) is 14.7. The zero-order valence-electron chi connectivity index (χ0n) is 11.9. The molecule has 0 aliphatic carbocycles. The van der Waals surface area contributed by atoms with Gasteiger partial charge in [0, 0.05) is 23.2 Å². The smallest absolute Gasteiger partial charge is 0.244 e. The van der Waals surface area contributed by atoms with Crippen molar-refractivity contribution in [1.82, 2.24) is 4.31 Å². The van der Waals surface area contributed by atoms with E-state index < -0.39 is 10.0 Å². The molecule has 0 aliphatic heterocycles. The van der Waals surface area contributed by atoms with Crippen LogP contribution in [0.2, 0.25) is 0 Å². The molecule has 0 fully saturated rings. The van der Waals surface area contributed by atoms with E-state index in [1.165, 1.54) is 10.4 Å². The van der Waals surface area contributed by atoms with Gasteiger partial charge in [0.05, 0.1) is 4.90 Å². The molecule has 0 aromatic heterocycles. The Bertz CT molecular complexity index is 564. The maximum atomic E-state index is 12.6. The van der Waals surface area contributed by atoms with Gasteiger partial charge in [-0.2, -0.15) is 4.31 Å². The molecular weight excluding hydrogens is 328 g/mol. The number of nitrogen functional groups attached to an aromatic ring is 1. The molecule has 0 heterocycles. The second kappa shape index (κ2) is 5.42. The third-order valence-corrected chi connectivity index (χ3v) is 6.33. The maximum Gasteiger partial charge on any atom is 0.244 e. The first-order chi connectivity index (χ1) is 8.48. The third-order valence-electron chi connectivity index (χ3n) is 3.41. The molecule has 0 aliphatic rings. The predicted octanol–water partition coefficient (Wildman–Crippen LogP) is 3.09. The number of hydrogen-bond acceptors (Lipinski definition) is 3. The van der Waals surface area contributed by atoms with Crippen molar-refractivity contribution in [1.29, 1.82) is 0 Å². The molecule has 6 heteroatoms. The second-order valence-electron chi connectivity index (χ2n) is 5.75. The molecule has 1 aromatic carbocycles. The topological polar surface area (TPSA) is 63.4 Å². The van der Waals surface area contributed by atoms with Crippen LogP contribution in [0.5, 0.6) is 0 Å². The molecule has 1 rings (SSSR count). The first-order valence-corrected chi connectivity index (χ1v) is 8.24. The fraction of sp³-hybridized carbons (Fsp3) is 0.538. The van der Waals surface area contributed by atoms with Crippen molar-refractivity contribution in [2.75, 3.05) is 12.8 Å². The summed E-state index contributed by atoms with van der Waals surface area (Å²) in [5, 5.41) is 0. The molecule has 1 unspecified atom stereocenters. The van der Waals surface area contributed by atoms with Gasteiger partial charge in [0.1, 0.15) is 0 Å². The van der Waals surface area contributed by atoms with Gasteiger partial charge >= 0.3 is 0 Å². The summed E-state index contributed by atoms with van der Waals surface area (Å²) in [5.74, 6) is 0. The second-order valence-corrected chi connectivity index (χ2v) is 8.57. The highest BCUT2D eigenvalue weighted by Crippen LogP contribution is 2.31. The lowest BCUT2D eigenvalue weighted by molar-refractivity contribution is 0.216. The van der Waals surface area contributed by atoms with Gasteiger partial charge in [0.15, 0.2) is 0 Å². The maximum absolute atomic E-state index is 12.6. The molecule has 4 nitrogen and oxygen atoms in total. The highest BCUT2D eigenvalue weighted by Gasteiger charge is 2.33. The first-order valence-electron chi connectivity index (χ1n) is 6.01.